The van der Waals surface area contributed by atoms with Crippen molar-refractivity contribution in [1.29, 1.82) is 0 Å². The fourth-order valence-corrected chi connectivity index (χ4v) is 3.76. The van der Waals surface area contributed by atoms with Gasteiger partial charge in [0.1, 0.15) is 11.9 Å². The van der Waals surface area contributed by atoms with Crippen LogP contribution < -0.4 is 10.1 Å². The zero-order chi connectivity index (χ0) is 23.2. The van der Waals surface area contributed by atoms with Gasteiger partial charge in [0.15, 0.2) is 0 Å². The van der Waals surface area contributed by atoms with Gasteiger partial charge < -0.3 is 19.7 Å². The molecule has 1 fully saturated rings. The molecule has 0 aliphatic carbocycles. The van der Waals surface area contributed by atoms with Gasteiger partial charge in [-0.25, -0.2) is 9.97 Å². The van der Waals surface area contributed by atoms with Gasteiger partial charge in [-0.3, -0.25) is 9.78 Å². The minimum Gasteiger partial charge on any atom is -0.493 e. The zero-order valence-corrected chi connectivity index (χ0v) is 19.2. The Kier molecular flexibility index (Phi) is 7.14. The van der Waals surface area contributed by atoms with E-state index in [-0.39, 0.29) is 12.0 Å². The summed E-state index contributed by atoms with van der Waals surface area (Å²) in [5.41, 5.74) is 4.44. The number of ether oxygens (including phenoxy) is 2. The number of pyridine rings is 1. The third-order valence-corrected chi connectivity index (χ3v) is 5.44. The summed E-state index contributed by atoms with van der Waals surface area (Å²) in [6, 6.07) is 13.6. The fourth-order valence-electron chi connectivity index (χ4n) is 3.76. The molecule has 0 unspecified atom stereocenters. The Labute approximate surface area is 194 Å². The van der Waals surface area contributed by atoms with Crippen LogP contribution in [0.1, 0.15) is 35.2 Å². The van der Waals surface area contributed by atoms with E-state index in [2.05, 4.69) is 20.3 Å². The van der Waals surface area contributed by atoms with Crippen LogP contribution in [0.3, 0.4) is 0 Å². The topological polar surface area (TPSA) is 89.5 Å². The molecule has 4 rings (SSSR count). The number of morpholine rings is 1. The van der Waals surface area contributed by atoms with E-state index in [1.54, 1.807) is 6.20 Å². The number of rotatable bonds is 7. The molecule has 0 saturated carbocycles. The highest BCUT2D eigenvalue weighted by atomic mass is 16.5. The molecule has 0 radical (unpaired) electrons. The van der Waals surface area contributed by atoms with E-state index in [1.807, 2.05) is 68.1 Å². The summed E-state index contributed by atoms with van der Waals surface area (Å²) in [5.74, 6) is 1.41. The van der Waals surface area contributed by atoms with Gasteiger partial charge in [-0.05, 0) is 50.6 Å². The Hall–Kier alpha value is -3.52. The Morgan fingerprint density at radius 3 is 2.67 bits per heavy atom. The minimum atomic E-state index is -0.258. The number of carbonyl (C=O) groups is 1. The first-order valence-electron chi connectivity index (χ1n) is 11.1. The monoisotopic (exact) mass is 447 g/mol. The van der Waals surface area contributed by atoms with Crippen LogP contribution in [0.2, 0.25) is 0 Å². The second-order valence-electron chi connectivity index (χ2n) is 8.13. The molecule has 8 heteroatoms. The van der Waals surface area contributed by atoms with Crippen LogP contribution in [0, 0.1) is 20.8 Å². The van der Waals surface area contributed by atoms with Gasteiger partial charge in [0.2, 0.25) is 11.9 Å². The number of benzene rings is 1. The molecular weight excluding hydrogens is 418 g/mol. The van der Waals surface area contributed by atoms with Crippen LogP contribution in [0.4, 0.5) is 11.6 Å². The summed E-state index contributed by atoms with van der Waals surface area (Å²) in [6.45, 7) is 7.74. The molecular formula is C25H29N5O3. The van der Waals surface area contributed by atoms with Gasteiger partial charge in [0, 0.05) is 17.9 Å². The number of aryl methyl sites for hydroxylation is 3. The SMILES string of the molecule is Cc1cc(C)nc(Nc2ccc([C@@H]3CN(C(=O)CCOc4ccccc4C)CCO3)nc2)n1. The largest absolute Gasteiger partial charge is 0.493 e. The highest BCUT2D eigenvalue weighted by Gasteiger charge is 2.26. The molecule has 2 aromatic heterocycles. The first kappa shape index (κ1) is 22.7. The molecule has 33 heavy (non-hydrogen) atoms. The van der Waals surface area contributed by atoms with Gasteiger partial charge in [0.25, 0.3) is 0 Å². The number of nitrogens with one attached hydrogen (secondary N) is 1. The van der Waals surface area contributed by atoms with Crippen LogP contribution >= 0.6 is 0 Å². The molecule has 8 nitrogen and oxygen atoms in total. The molecule has 1 amide bonds. The van der Waals surface area contributed by atoms with E-state index in [0.29, 0.717) is 38.7 Å². The van der Waals surface area contributed by atoms with Crippen molar-refractivity contribution in [3.8, 4) is 5.75 Å². The average Bonchev–Trinajstić information content (AvgIpc) is 2.80. The van der Waals surface area contributed by atoms with Crippen LogP contribution in [0.25, 0.3) is 0 Å². The second kappa shape index (κ2) is 10.4. The van der Waals surface area contributed by atoms with Crippen molar-refractivity contribution in [3.63, 3.8) is 0 Å². The van der Waals surface area contributed by atoms with Crippen LogP contribution in [0.15, 0.2) is 48.7 Å². The highest BCUT2D eigenvalue weighted by molar-refractivity contribution is 5.76. The Balaban J connectivity index is 1.31. The van der Waals surface area contributed by atoms with E-state index in [1.165, 1.54) is 0 Å². The number of nitrogens with zero attached hydrogens (tertiary/aromatic N) is 4. The van der Waals surface area contributed by atoms with Crippen LogP contribution in [0.5, 0.6) is 5.75 Å². The average molecular weight is 448 g/mol. The Morgan fingerprint density at radius 1 is 1.15 bits per heavy atom. The van der Waals surface area contributed by atoms with Gasteiger partial charge in [-0.15, -0.1) is 0 Å². The van der Waals surface area contributed by atoms with Crippen LogP contribution in [-0.4, -0.2) is 52.1 Å². The van der Waals surface area contributed by atoms with Crippen LogP contribution in [-0.2, 0) is 9.53 Å². The number of aromatic nitrogens is 3. The fraction of sp³-hybridized carbons (Fsp3) is 0.360. The quantitative estimate of drug-likeness (QED) is 0.587. The van der Waals surface area contributed by atoms with Gasteiger partial charge in [-0.2, -0.15) is 0 Å². The molecule has 0 bridgehead atoms. The Morgan fingerprint density at radius 2 is 1.94 bits per heavy atom. The van der Waals surface area contributed by atoms with E-state index in [9.17, 15) is 4.79 Å². The van der Waals surface area contributed by atoms with E-state index in [0.717, 1.165) is 34.1 Å². The lowest BCUT2D eigenvalue weighted by Crippen LogP contribution is -2.42. The second-order valence-corrected chi connectivity index (χ2v) is 8.13. The summed E-state index contributed by atoms with van der Waals surface area (Å²) in [4.78, 5) is 27.9. The normalized spacial score (nSPS) is 15.8. The van der Waals surface area contributed by atoms with E-state index < -0.39 is 0 Å². The predicted molar refractivity (Wildman–Crippen MR) is 126 cm³/mol. The van der Waals surface area contributed by atoms with Crippen molar-refractivity contribution < 1.29 is 14.3 Å². The van der Waals surface area contributed by atoms with Crippen molar-refractivity contribution in [1.82, 2.24) is 19.9 Å². The van der Waals surface area contributed by atoms with Crippen molar-refractivity contribution in [3.05, 3.63) is 71.3 Å². The smallest absolute Gasteiger partial charge is 0.227 e. The standard InChI is InChI=1S/C25H29N5O3/c1-17-6-4-5-7-22(17)32-12-10-24(31)30-11-13-33-23(16-30)21-9-8-20(15-26-21)29-25-27-18(2)14-19(3)28-25/h4-9,14-15,23H,10-13,16H2,1-3H3,(H,27,28,29)/t23-/m0/s1. The van der Waals surface area contributed by atoms with Crippen molar-refractivity contribution in [2.45, 2.75) is 33.3 Å². The number of anilines is 2. The lowest BCUT2D eigenvalue weighted by Gasteiger charge is -2.32. The molecule has 3 aromatic rings. The lowest BCUT2D eigenvalue weighted by atomic mass is 10.1. The first-order valence-corrected chi connectivity index (χ1v) is 11.1. The molecule has 172 valence electrons. The number of para-hydroxylation sites is 1. The maximum Gasteiger partial charge on any atom is 0.227 e. The molecule has 1 atom stereocenters. The molecule has 1 aliphatic heterocycles. The maximum atomic E-state index is 12.7. The van der Waals surface area contributed by atoms with Crippen molar-refractivity contribution in [2.24, 2.45) is 0 Å². The Bertz CT molecular complexity index is 1080. The number of hydrogen-bond donors (Lipinski definition) is 1. The maximum absolute atomic E-state index is 12.7. The van der Waals surface area contributed by atoms with Gasteiger partial charge in [0.05, 0.1) is 43.8 Å². The number of hydrogen-bond acceptors (Lipinski definition) is 7. The molecule has 0 spiro atoms. The summed E-state index contributed by atoms with van der Waals surface area (Å²) in [7, 11) is 0. The summed E-state index contributed by atoms with van der Waals surface area (Å²) in [6.07, 6.45) is 1.80. The molecule has 1 aromatic carbocycles. The summed E-state index contributed by atoms with van der Waals surface area (Å²) >= 11 is 0. The summed E-state index contributed by atoms with van der Waals surface area (Å²) in [5, 5.41) is 3.18. The molecule has 1 aliphatic rings. The zero-order valence-electron chi connectivity index (χ0n) is 19.2. The summed E-state index contributed by atoms with van der Waals surface area (Å²) < 4.78 is 11.7. The van der Waals surface area contributed by atoms with Crippen molar-refractivity contribution in [2.75, 3.05) is 31.6 Å². The first-order chi connectivity index (χ1) is 16.0. The lowest BCUT2D eigenvalue weighted by molar-refractivity contribution is -0.139. The molecule has 1 N–H and O–H groups in total. The third kappa shape index (κ3) is 6.04. The third-order valence-electron chi connectivity index (χ3n) is 5.44. The van der Waals surface area contributed by atoms with E-state index in [4.69, 9.17) is 9.47 Å². The minimum absolute atomic E-state index is 0.0575. The van der Waals surface area contributed by atoms with Gasteiger partial charge in [-0.1, -0.05) is 18.2 Å². The molecule has 3 heterocycles. The van der Waals surface area contributed by atoms with Crippen molar-refractivity contribution >= 4 is 17.5 Å². The van der Waals surface area contributed by atoms with E-state index >= 15 is 0 Å². The highest BCUT2D eigenvalue weighted by Crippen LogP contribution is 2.23. The molecule has 1 saturated heterocycles. The predicted octanol–water partition coefficient (Wildman–Crippen LogP) is 3.91. The number of amides is 1. The van der Waals surface area contributed by atoms with Gasteiger partial charge >= 0.3 is 0 Å². The number of carbonyl (C=O) groups excluding carboxylic acids is 1.